The Labute approximate surface area is 131 Å². The Kier molecular flexibility index (Phi) is 4.57. The first-order valence-electron chi connectivity index (χ1n) is 7.36. The fourth-order valence-corrected chi connectivity index (χ4v) is 3.40. The van der Waals surface area contributed by atoms with E-state index in [1.165, 1.54) is 6.07 Å². The summed E-state index contributed by atoms with van der Waals surface area (Å²) in [6, 6.07) is 3.50. The molecule has 0 spiro atoms. The molecule has 1 saturated heterocycles. The van der Waals surface area contributed by atoms with Gasteiger partial charge in [-0.2, -0.15) is 0 Å². The summed E-state index contributed by atoms with van der Waals surface area (Å²) in [5.41, 5.74) is 1.22. The molecule has 1 aromatic carbocycles. The van der Waals surface area contributed by atoms with Crippen LogP contribution < -0.4 is 5.32 Å². The predicted octanol–water partition coefficient (Wildman–Crippen LogP) is 2.83. The van der Waals surface area contributed by atoms with E-state index in [4.69, 9.17) is 0 Å². The number of benzene rings is 1. The number of aliphatic hydroxyl groups excluding tert-OH is 1. The number of aliphatic hydroxyl groups is 1. The van der Waals surface area contributed by atoms with Crippen LogP contribution in [0.5, 0.6) is 0 Å². The first-order chi connectivity index (χ1) is 10.1. The number of aromatic nitrogens is 2. The molecule has 21 heavy (non-hydrogen) atoms. The molecule has 2 N–H and O–H groups in total. The molecule has 0 aliphatic carbocycles. The standard InChI is InChI=1S/C15H19BrFN3O/c16-10-7-11(17)15-13(8-10)20(9-19-15)6-2-3-12-14(21)4-1-5-18-12/h7-9,12,14,18,21H,1-6H2/t12-,14+/m1/s1. The summed E-state index contributed by atoms with van der Waals surface area (Å²) in [5, 5.41) is 13.3. The van der Waals surface area contributed by atoms with Crippen LogP contribution in [0, 0.1) is 5.82 Å². The van der Waals surface area contributed by atoms with Crippen molar-refractivity contribution in [1.29, 1.82) is 0 Å². The molecule has 0 amide bonds. The van der Waals surface area contributed by atoms with Crippen molar-refractivity contribution in [2.45, 2.75) is 44.4 Å². The zero-order valence-electron chi connectivity index (χ0n) is 11.7. The molecular weight excluding hydrogens is 337 g/mol. The van der Waals surface area contributed by atoms with Crippen molar-refractivity contribution >= 4 is 27.0 Å². The second-order valence-electron chi connectivity index (χ2n) is 5.61. The number of hydrogen-bond donors (Lipinski definition) is 2. The van der Waals surface area contributed by atoms with Crippen LogP contribution in [0.1, 0.15) is 25.7 Å². The Morgan fingerprint density at radius 1 is 1.48 bits per heavy atom. The fourth-order valence-electron chi connectivity index (χ4n) is 2.98. The van der Waals surface area contributed by atoms with Crippen LogP contribution in [-0.2, 0) is 6.54 Å². The van der Waals surface area contributed by atoms with Crippen molar-refractivity contribution in [3.63, 3.8) is 0 Å². The minimum atomic E-state index is -0.303. The maximum atomic E-state index is 13.8. The van der Waals surface area contributed by atoms with Gasteiger partial charge in [-0.15, -0.1) is 0 Å². The number of imidazole rings is 1. The lowest BCUT2D eigenvalue weighted by atomic mass is 9.97. The van der Waals surface area contributed by atoms with E-state index in [2.05, 4.69) is 26.2 Å². The maximum Gasteiger partial charge on any atom is 0.152 e. The van der Waals surface area contributed by atoms with Gasteiger partial charge >= 0.3 is 0 Å². The van der Waals surface area contributed by atoms with Gasteiger partial charge < -0.3 is 15.0 Å². The van der Waals surface area contributed by atoms with Crippen molar-refractivity contribution in [3.05, 3.63) is 28.7 Å². The molecule has 1 aliphatic heterocycles. The van der Waals surface area contributed by atoms with Gasteiger partial charge in [-0.1, -0.05) is 15.9 Å². The number of rotatable bonds is 4. The number of piperidine rings is 1. The number of nitrogens with zero attached hydrogens (tertiary/aromatic N) is 2. The fraction of sp³-hybridized carbons (Fsp3) is 0.533. The van der Waals surface area contributed by atoms with Crippen molar-refractivity contribution in [2.75, 3.05) is 6.54 Å². The number of fused-ring (bicyclic) bond motifs is 1. The van der Waals surface area contributed by atoms with E-state index in [1.54, 1.807) is 6.33 Å². The summed E-state index contributed by atoms with van der Waals surface area (Å²) in [6.45, 7) is 1.76. The highest BCUT2D eigenvalue weighted by Crippen LogP contribution is 2.23. The van der Waals surface area contributed by atoms with E-state index in [9.17, 15) is 9.50 Å². The van der Waals surface area contributed by atoms with E-state index in [0.717, 1.165) is 48.8 Å². The lowest BCUT2D eigenvalue weighted by Gasteiger charge is -2.29. The molecule has 0 bridgehead atoms. The van der Waals surface area contributed by atoms with Crippen molar-refractivity contribution in [2.24, 2.45) is 0 Å². The van der Waals surface area contributed by atoms with Gasteiger partial charge in [0.15, 0.2) is 5.82 Å². The van der Waals surface area contributed by atoms with Gasteiger partial charge in [0, 0.05) is 17.1 Å². The van der Waals surface area contributed by atoms with Crippen molar-refractivity contribution < 1.29 is 9.50 Å². The molecule has 0 unspecified atom stereocenters. The highest BCUT2D eigenvalue weighted by Gasteiger charge is 2.21. The van der Waals surface area contributed by atoms with Gasteiger partial charge in [0.1, 0.15) is 5.52 Å². The second-order valence-corrected chi connectivity index (χ2v) is 6.52. The SMILES string of the molecule is O[C@H]1CCCN[C@@H]1CCCn1cnc2c(F)cc(Br)cc21. The molecule has 1 aliphatic rings. The van der Waals surface area contributed by atoms with Gasteiger partial charge in [-0.05, 0) is 44.4 Å². The summed E-state index contributed by atoms with van der Waals surface area (Å²) in [6.07, 6.45) is 5.20. The molecule has 0 saturated carbocycles. The summed E-state index contributed by atoms with van der Waals surface area (Å²) in [7, 11) is 0. The van der Waals surface area contributed by atoms with Gasteiger partial charge in [-0.25, -0.2) is 9.37 Å². The maximum absolute atomic E-state index is 13.8. The average Bonchev–Trinajstić information content (AvgIpc) is 2.84. The lowest BCUT2D eigenvalue weighted by Crippen LogP contribution is -2.44. The molecular formula is C15H19BrFN3O. The van der Waals surface area contributed by atoms with Crippen LogP contribution in [-0.4, -0.2) is 33.3 Å². The zero-order chi connectivity index (χ0) is 14.8. The molecule has 2 heterocycles. The third-order valence-corrected chi connectivity index (χ3v) is 4.56. The molecule has 4 nitrogen and oxygen atoms in total. The van der Waals surface area contributed by atoms with Crippen LogP contribution >= 0.6 is 15.9 Å². The van der Waals surface area contributed by atoms with E-state index in [-0.39, 0.29) is 18.0 Å². The molecule has 3 rings (SSSR count). The molecule has 114 valence electrons. The smallest absolute Gasteiger partial charge is 0.152 e. The van der Waals surface area contributed by atoms with Crippen LogP contribution in [0.2, 0.25) is 0 Å². The first kappa shape index (κ1) is 14.9. The van der Waals surface area contributed by atoms with E-state index >= 15 is 0 Å². The predicted molar refractivity (Wildman–Crippen MR) is 83.7 cm³/mol. The molecule has 6 heteroatoms. The average molecular weight is 356 g/mol. The quantitative estimate of drug-likeness (QED) is 0.886. The largest absolute Gasteiger partial charge is 0.392 e. The molecule has 2 atom stereocenters. The zero-order valence-corrected chi connectivity index (χ0v) is 13.3. The Morgan fingerprint density at radius 3 is 3.14 bits per heavy atom. The molecule has 0 radical (unpaired) electrons. The van der Waals surface area contributed by atoms with Crippen LogP contribution in [0.4, 0.5) is 4.39 Å². The minimum Gasteiger partial charge on any atom is -0.392 e. The van der Waals surface area contributed by atoms with Crippen LogP contribution in [0.3, 0.4) is 0 Å². The Hall–Kier alpha value is -0.980. The van der Waals surface area contributed by atoms with Gasteiger partial charge in [-0.3, -0.25) is 0 Å². The summed E-state index contributed by atoms with van der Waals surface area (Å²) < 4.78 is 16.5. The minimum absolute atomic E-state index is 0.178. The van der Waals surface area contributed by atoms with Gasteiger partial charge in [0.2, 0.25) is 0 Å². The van der Waals surface area contributed by atoms with Crippen LogP contribution in [0.25, 0.3) is 11.0 Å². The highest BCUT2D eigenvalue weighted by atomic mass is 79.9. The van der Waals surface area contributed by atoms with Gasteiger partial charge in [0.25, 0.3) is 0 Å². The second kappa shape index (κ2) is 6.42. The van der Waals surface area contributed by atoms with Crippen molar-refractivity contribution in [3.8, 4) is 0 Å². The monoisotopic (exact) mass is 355 g/mol. The third-order valence-electron chi connectivity index (χ3n) is 4.11. The van der Waals surface area contributed by atoms with E-state index < -0.39 is 0 Å². The van der Waals surface area contributed by atoms with Gasteiger partial charge in [0.05, 0.1) is 17.9 Å². The number of hydrogen-bond acceptors (Lipinski definition) is 3. The number of halogens is 2. The summed E-state index contributed by atoms with van der Waals surface area (Å²) in [5.74, 6) is -0.303. The normalized spacial score (nSPS) is 22.8. The highest BCUT2D eigenvalue weighted by molar-refractivity contribution is 9.10. The molecule has 1 aromatic heterocycles. The van der Waals surface area contributed by atoms with Crippen LogP contribution in [0.15, 0.2) is 22.9 Å². The number of aryl methyl sites for hydroxylation is 1. The first-order valence-corrected chi connectivity index (χ1v) is 8.16. The Morgan fingerprint density at radius 2 is 2.33 bits per heavy atom. The van der Waals surface area contributed by atoms with E-state index in [0.29, 0.717) is 5.52 Å². The lowest BCUT2D eigenvalue weighted by molar-refractivity contribution is 0.0909. The molecule has 1 fully saturated rings. The summed E-state index contributed by atoms with van der Waals surface area (Å²) in [4.78, 5) is 4.14. The Balaban J connectivity index is 1.65. The molecule has 2 aromatic rings. The number of nitrogens with one attached hydrogen (secondary N) is 1. The third kappa shape index (κ3) is 3.27. The topological polar surface area (TPSA) is 50.1 Å². The van der Waals surface area contributed by atoms with E-state index in [1.807, 2.05) is 10.6 Å². The Bertz CT molecular complexity index is 631. The van der Waals surface area contributed by atoms with Crippen molar-refractivity contribution in [1.82, 2.24) is 14.9 Å². The summed E-state index contributed by atoms with van der Waals surface area (Å²) >= 11 is 3.32.